The van der Waals surface area contributed by atoms with E-state index in [-0.39, 0.29) is 16.8 Å². The number of carbonyl (C=O) groups excluding carboxylic acids is 1. The van der Waals surface area contributed by atoms with E-state index in [0.717, 1.165) is 5.56 Å². The van der Waals surface area contributed by atoms with Crippen LogP contribution in [0, 0.1) is 5.82 Å². The van der Waals surface area contributed by atoms with Crippen molar-refractivity contribution in [3.63, 3.8) is 0 Å². The molecule has 0 heterocycles. The van der Waals surface area contributed by atoms with Gasteiger partial charge in [0.05, 0.1) is 20.0 Å². The van der Waals surface area contributed by atoms with E-state index in [0.29, 0.717) is 28.0 Å². The molecule has 0 aliphatic rings. The van der Waals surface area contributed by atoms with E-state index in [2.05, 4.69) is 16.2 Å². The second-order valence-electron chi connectivity index (χ2n) is 5.43. The normalized spacial score (nSPS) is 10.1. The zero-order chi connectivity index (χ0) is 20.5. The van der Waals surface area contributed by atoms with Crippen molar-refractivity contribution in [3.8, 4) is 11.5 Å². The maximum absolute atomic E-state index is 13.0. The van der Waals surface area contributed by atoms with Crippen molar-refractivity contribution >= 4 is 52.3 Å². The molecule has 0 unspecified atom stereocenters. The Morgan fingerprint density at radius 3 is 2.57 bits per heavy atom. The Morgan fingerprint density at radius 1 is 1.14 bits per heavy atom. The third kappa shape index (κ3) is 6.74. The molecule has 150 valence electrons. The largest absolute Gasteiger partial charge is 0.493 e. The van der Waals surface area contributed by atoms with Gasteiger partial charge in [0.1, 0.15) is 5.82 Å². The third-order valence-electron chi connectivity index (χ3n) is 3.46. The average molecular weight is 444 g/mol. The first-order valence-electron chi connectivity index (χ1n) is 8.02. The molecular weight excluding hydrogens is 425 g/mol. The van der Waals surface area contributed by atoms with E-state index >= 15 is 0 Å². The van der Waals surface area contributed by atoms with Crippen LogP contribution in [-0.2, 0) is 10.5 Å². The lowest BCUT2D eigenvalue weighted by molar-refractivity contribution is -0.119. The topological polar surface area (TPSA) is 71.6 Å². The van der Waals surface area contributed by atoms with Crippen molar-refractivity contribution in [1.82, 2.24) is 10.9 Å². The molecule has 0 spiro atoms. The van der Waals surface area contributed by atoms with Crippen LogP contribution < -0.4 is 25.6 Å². The monoisotopic (exact) mass is 443 g/mol. The number of amides is 1. The van der Waals surface area contributed by atoms with Crippen LogP contribution in [0.1, 0.15) is 5.56 Å². The predicted octanol–water partition coefficient (Wildman–Crippen LogP) is 3.75. The third-order valence-corrected chi connectivity index (χ3v) is 5.00. The molecule has 0 fully saturated rings. The van der Waals surface area contributed by atoms with E-state index in [1.165, 1.54) is 31.0 Å². The van der Waals surface area contributed by atoms with Gasteiger partial charge in [-0.1, -0.05) is 17.7 Å². The number of hydrogen-bond donors (Lipinski definition) is 3. The Bertz CT molecular complexity index is 855. The summed E-state index contributed by atoms with van der Waals surface area (Å²) in [5, 5.41) is 3.48. The number of thioether (sulfide) groups is 1. The maximum atomic E-state index is 13.0. The number of benzene rings is 2. The van der Waals surface area contributed by atoms with Crippen molar-refractivity contribution in [2.45, 2.75) is 5.75 Å². The lowest BCUT2D eigenvalue weighted by Crippen LogP contribution is -2.44. The number of ether oxygens (including phenoxy) is 2. The average Bonchev–Trinajstić information content (AvgIpc) is 2.68. The van der Waals surface area contributed by atoms with Crippen LogP contribution in [0.3, 0.4) is 0 Å². The summed E-state index contributed by atoms with van der Waals surface area (Å²) in [4.78, 5) is 11.9. The van der Waals surface area contributed by atoms with E-state index in [4.69, 9.17) is 33.3 Å². The van der Waals surface area contributed by atoms with Crippen molar-refractivity contribution in [2.75, 3.05) is 25.3 Å². The van der Waals surface area contributed by atoms with Crippen LogP contribution in [0.5, 0.6) is 11.5 Å². The van der Waals surface area contributed by atoms with E-state index < -0.39 is 5.82 Å². The molecule has 0 radical (unpaired) electrons. The standard InChI is InChI=1S/C18H19ClFN3O3S2/c1-25-15-6-5-13(8-16(15)26-2)21-18(27)23-22-17(24)10-28-9-11-3-4-12(20)7-14(11)19/h3-8H,9-10H2,1-2H3,(H,22,24)(H2,21,23,27). The Kier molecular flexibility index (Phi) is 8.62. The number of hydrogen-bond acceptors (Lipinski definition) is 5. The molecule has 0 aromatic heterocycles. The van der Waals surface area contributed by atoms with E-state index in [9.17, 15) is 9.18 Å². The highest BCUT2D eigenvalue weighted by Gasteiger charge is 2.08. The molecule has 0 bridgehead atoms. The summed E-state index contributed by atoms with van der Waals surface area (Å²) < 4.78 is 23.4. The fourth-order valence-corrected chi connectivity index (χ4v) is 3.44. The van der Waals surface area contributed by atoms with Gasteiger partial charge in [-0.25, -0.2) is 4.39 Å². The van der Waals surface area contributed by atoms with Crippen molar-refractivity contribution in [1.29, 1.82) is 0 Å². The Labute approximate surface area is 177 Å². The molecule has 10 heteroatoms. The SMILES string of the molecule is COc1ccc(NC(=S)NNC(=O)CSCc2ccc(F)cc2Cl)cc1OC. The minimum atomic E-state index is -0.392. The summed E-state index contributed by atoms with van der Waals surface area (Å²) in [6.45, 7) is 0. The highest BCUT2D eigenvalue weighted by atomic mass is 35.5. The number of rotatable bonds is 7. The number of nitrogens with one attached hydrogen (secondary N) is 3. The van der Waals surface area contributed by atoms with Crippen LogP contribution in [0.4, 0.5) is 10.1 Å². The van der Waals surface area contributed by atoms with Crippen molar-refractivity contribution < 1.29 is 18.7 Å². The van der Waals surface area contributed by atoms with Gasteiger partial charge in [-0.05, 0) is 42.0 Å². The molecule has 0 saturated heterocycles. The molecule has 2 aromatic rings. The van der Waals surface area contributed by atoms with Gasteiger partial charge in [-0.15, -0.1) is 11.8 Å². The smallest absolute Gasteiger partial charge is 0.248 e. The molecule has 6 nitrogen and oxygen atoms in total. The first-order valence-corrected chi connectivity index (χ1v) is 9.96. The van der Waals surface area contributed by atoms with Crippen LogP contribution in [-0.4, -0.2) is 31.0 Å². The van der Waals surface area contributed by atoms with Crippen LogP contribution in [0.2, 0.25) is 5.02 Å². The molecule has 0 saturated carbocycles. The molecule has 0 atom stereocenters. The van der Waals surface area contributed by atoms with Crippen LogP contribution in [0.15, 0.2) is 36.4 Å². The van der Waals surface area contributed by atoms with Crippen molar-refractivity contribution in [2.24, 2.45) is 0 Å². The van der Waals surface area contributed by atoms with Crippen molar-refractivity contribution in [3.05, 3.63) is 52.8 Å². The molecule has 0 aliphatic carbocycles. The second kappa shape index (κ2) is 10.9. The van der Waals surface area contributed by atoms with Gasteiger partial charge in [0, 0.05) is 22.5 Å². The zero-order valence-corrected chi connectivity index (χ0v) is 17.6. The number of halogens is 2. The minimum absolute atomic E-state index is 0.180. The lowest BCUT2D eigenvalue weighted by Gasteiger charge is -2.13. The number of hydrazine groups is 1. The minimum Gasteiger partial charge on any atom is -0.493 e. The summed E-state index contributed by atoms with van der Waals surface area (Å²) in [5.41, 5.74) is 6.56. The fourth-order valence-electron chi connectivity index (χ4n) is 2.13. The fraction of sp³-hybridized carbons (Fsp3) is 0.222. The first-order chi connectivity index (χ1) is 13.4. The number of carbonyl (C=O) groups is 1. The summed E-state index contributed by atoms with van der Waals surface area (Å²) >= 11 is 12.4. The highest BCUT2D eigenvalue weighted by Crippen LogP contribution is 2.29. The lowest BCUT2D eigenvalue weighted by atomic mass is 10.2. The molecular formula is C18H19ClFN3O3S2. The summed E-state index contributed by atoms with van der Waals surface area (Å²) in [6, 6.07) is 9.40. The Balaban J connectivity index is 1.74. The first kappa shape index (κ1) is 22.1. The highest BCUT2D eigenvalue weighted by molar-refractivity contribution is 7.99. The second-order valence-corrected chi connectivity index (χ2v) is 7.23. The summed E-state index contributed by atoms with van der Waals surface area (Å²) in [5.74, 6) is 1.16. The zero-order valence-electron chi connectivity index (χ0n) is 15.2. The van der Waals surface area contributed by atoms with Gasteiger partial charge in [-0.2, -0.15) is 0 Å². The quantitative estimate of drug-likeness (QED) is 0.444. The number of methoxy groups -OCH3 is 2. The Hall–Kier alpha value is -2.23. The van der Waals surface area contributed by atoms with Gasteiger partial charge in [0.15, 0.2) is 16.6 Å². The van der Waals surface area contributed by atoms with Gasteiger partial charge in [0.25, 0.3) is 0 Å². The molecule has 2 rings (SSSR count). The predicted molar refractivity (Wildman–Crippen MR) is 115 cm³/mol. The molecule has 2 aromatic carbocycles. The van der Waals surface area contributed by atoms with Gasteiger partial charge in [-0.3, -0.25) is 15.6 Å². The molecule has 28 heavy (non-hydrogen) atoms. The van der Waals surface area contributed by atoms with E-state index in [1.807, 2.05) is 0 Å². The van der Waals surface area contributed by atoms with Gasteiger partial charge >= 0.3 is 0 Å². The molecule has 3 N–H and O–H groups in total. The Morgan fingerprint density at radius 2 is 1.89 bits per heavy atom. The number of anilines is 1. The van der Waals surface area contributed by atoms with Gasteiger partial charge < -0.3 is 14.8 Å². The van der Waals surface area contributed by atoms with Crippen LogP contribution in [0.25, 0.3) is 0 Å². The molecule has 1 amide bonds. The molecule has 0 aliphatic heterocycles. The van der Waals surface area contributed by atoms with Gasteiger partial charge in [0.2, 0.25) is 5.91 Å². The summed E-state index contributed by atoms with van der Waals surface area (Å²) in [7, 11) is 3.09. The summed E-state index contributed by atoms with van der Waals surface area (Å²) in [6.07, 6.45) is 0. The van der Waals surface area contributed by atoms with E-state index in [1.54, 1.807) is 31.4 Å². The maximum Gasteiger partial charge on any atom is 0.248 e. The van der Waals surface area contributed by atoms with Crippen LogP contribution >= 0.6 is 35.6 Å². The number of thiocarbonyl (C=S) groups is 1.